The van der Waals surface area contributed by atoms with Gasteiger partial charge in [0.1, 0.15) is 5.69 Å². The Morgan fingerprint density at radius 3 is 2.59 bits per heavy atom. The average Bonchev–Trinajstić information content (AvgIpc) is 3.23. The first kappa shape index (κ1) is 25.0. The third-order valence-corrected chi connectivity index (χ3v) is 11.6. The monoisotopic (exact) mass is 511 g/mol. The van der Waals surface area contributed by atoms with Gasteiger partial charge in [-0.1, -0.05) is 0 Å². The number of aryl methyl sites for hydroxylation is 1. The summed E-state index contributed by atoms with van der Waals surface area (Å²) in [6, 6.07) is 6.57. The summed E-state index contributed by atoms with van der Waals surface area (Å²) >= 11 is 1.60. The van der Waals surface area contributed by atoms with Crippen LogP contribution >= 0.6 is 18.8 Å². The normalized spacial score (nSPS) is 17.6. The SMILES string of the molecule is Cc1cc(Nc2nccc(C(F)(F)F)n2)cc(-c2cnc(CN3CC[PH](O)(C(C)C)CC3)s2)c1. The summed E-state index contributed by atoms with van der Waals surface area (Å²) in [5.41, 5.74) is 1.89. The number of anilines is 2. The van der Waals surface area contributed by atoms with E-state index in [-0.39, 0.29) is 5.95 Å². The Balaban J connectivity index is 1.46. The number of benzene rings is 1. The van der Waals surface area contributed by atoms with Gasteiger partial charge in [-0.2, -0.15) is 13.2 Å². The second-order valence-corrected chi connectivity index (χ2v) is 14.6. The molecule has 1 aliphatic heterocycles. The Kier molecular flexibility index (Phi) is 7.24. The van der Waals surface area contributed by atoms with Crippen LogP contribution in [0.15, 0.2) is 36.7 Å². The molecule has 4 rings (SSSR count). The van der Waals surface area contributed by atoms with Crippen molar-refractivity contribution in [1.82, 2.24) is 19.9 Å². The molecule has 0 radical (unpaired) electrons. The molecule has 11 heteroatoms. The van der Waals surface area contributed by atoms with Gasteiger partial charge in [-0.05, 0) is 6.07 Å². The number of thiazole rings is 1. The Bertz CT molecular complexity index is 1150. The number of nitrogens with zero attached hydrogens (tertiary/aromatic N) is 4. The van der Waals surface area contributed by atoms with E-state index in [1.54, 1.807) is 11.3 Å². The van der Waals surface area contributed by atoms with Gasteiger partial charge in [0.25, 0.3) is 0 Å². The molecule has 0 bridgehead atoms. The molecule has 1 saturated heterocycles. The van der Waals surface area contributed by atoms with Crippen molar-refractivity contribution in [2.24, 2.45) is 0 Å². The Hall–Kier alpha value is -2.13. The van der Waals surface area contributed by atoms with Gasteiger partial charge in [-0.15, -0.1) is 0 Å². The number of alkyl halides is 3. The van der Waals surface area contributed by atoms with Crippen molar-refractivity contribution in [3.8, 4) is 10.4 Å². The van der Waals surface area contributed by atoms with Crippen LogP contribution in [0.5, 0.6) is 0 Å². The van der Waals surface area contributed by atoms with Gasteiger partial charge in [0.05, 0.1) is 0 Å². The molecule has 1 fully saturated rings. The van der Waals surface area contributed by atoms with Crippen molar-refractivity contribution in [2.45, 2.75) is 39.2 Å². The van der Waals surface area contributed by atoms with E-state index in [0.29, 0.717) is 11.3 Å². The third kappa shape index (κ3) is 5.92. The molecule has 0 atom stereocenters. The third-order valence-electron chi connectivity index (χ3n) is 6.27. The summed E-state index contributed by atoms with van der Waals surface area (Å²) in [7, 11) is -2.12. The standard InChI is InChI=1S/C23H29F3N5OPS/c1-15(2)33(32)8-6-31(7-9-33)14-21-28-13-19(34-21)17-10-16(3)11-18(12-17)29-22-27-5-4-20(30-22)23(24,25)26/h4-5,10-13,15,32-33H,6-9,14H2,1-3H3,(H,27,29,30). The van der Waals surface area contributed by atoms with Crippen LogP contribution in [-0.2, 0) is 12.7 Å². The zero-order chi connectivity index (χ0) is 24.5. The molecule has 1 aromatic carbocycles. The van der Waals surface area contributed by atoms with Crippen LogP contribution < -0.4 is 5.32 Å². The first-order chi connectivity index (χ1) is 16.0. The fourth-order valence-electron chi connectivity index (χ4n) is 4.09. The van der Waals surface area contributed by atoms with Gasteiger partial charge < -0.3 is 0 Å². The number of hydrogen-bond donors (Lipinski definition) is 2. The second kappa shape index (κ2) is 9.85. The van der Waals surface area contributed by atoms with E-state index in [9.17, 15) is 18.1 Å². The average molecular weight is 512 g/mol. The van der Waals surface area contributed by atoms with Gasteiger partial charge in [0.15, 0.2) is 0 Å². The van der Waals surface area contributed by atoms with Gasteiger partial charge in [-0.3, -0.25) is 0 Å². The molecule has 0 unspecified atom stereocenters. The van der Waals surface area contributed by atoms with Crippen molar-refractivity contribution in [3.63, 3.8) is 0 Å². The zero-order valence-corrected chi connectivity index (χ0v) is 21.2. The first-order valence-corrected chi connectivity index (χ1v) is 14.5. The molecule has 2 N–H and O–H groups in total. The summed E-state index contributed by atoms with van der Waals surface area (Å²) < 4.78 is 38.9. The Morgan fingerprint density at radius 2 is 1.91 bits per heavy atom. The van der Waals surface area contributed by atoms with Gasteiger partial charge in [0.2, 0.25) is 0 Å². The topological polar surface area (TPSA) is 74.2 Å². The zero-order valence-electron chi connectivity index (χ0n) is 19.4. The number of halogens is 3. The number of hydrogen-bond acceptors (Lipinski definition) is 7. The maximum atomic E-state index is 13.0. The molecule has 0 saturated carbocycles. The van der Waals surface area contributed by atoms with Crippen LogP contribution in [0.25, 0.3) is 10.4 Å². The predicted octanol–water partition coefficient (Wildman–Crippen LogP) is 5.55. The van der Waals surface area contributed by atoms with Crippen molar-refractivity contribution < 1.29 is 18.1 Å². The van der Waals surface area contributed by atoms with Crippen LogP contribution in [-0.4, -0.2) is 55.8 Å². The Morgan fingerprint density at radius 1 is 1.18 bits per heavy atom. The number of rotatable bonds is 6. The van der Waals surface area contributed by atoms with E-state index in [1.165, 1.54) is 0 Å². The summed E-state index contributed by atoms with van der Waals surface area (Å²) in [5.74, 6) is -0.105. The molecular formula is C23H29F3N5OPS. The molecule has 34 heavy (non-hydrogen) atoms. The molecule has 184 valence electrons. The van der Waals surface area contributed by atoms with Crippen molar-refractivity contribution in [1.29, 1.82) is 0 Å². The van der Waals surface area contributed by atoms with Crippen LogP contribution in [0.3, 0.4) is 0 Å². The minimum atomic E-state index is -4.53. The molecular weight excluding hydrogens is 482 g/mol. The maximum absolute atomic E-state index is 13.0. The van der Waals surface area contributed by atoms with Gasteiger partial charge in [0, 0.05) is 6.20 Å². The molecule has 0 amide bonds. The van der Waals surface area contributed by atoms with E-state index >= 15 is 0 Å². The fourth-order valence-corrected chi connectivity index (χ4v) is 7.85. The van der Waals surface area contributed by atoms with Crippen molar-refractivity contribution >= 4 is 30.5 Å². The van der Waals surface area contributed by atoms with E-state index < -0.39 is 19.4 Å². The Labute approximate surface area is 201 Å². The summed E-state index contributed by atoms with van der Waals surface area (Å²) in [5, 5.41) is 3.89. The molecule has 3 heterocycles. The van der Waals surface area contributed by atoms with E-state index in [0.717, 1.165) is 65.2 Å². The van der Waals surface area contributed by atoms with Gasteiger partial charge in [-0.25, -0.2) is 9.97 Å². The van der Waals surface area contributed by atoms with E-state index in [4.69, 9.17) is 0 Å². The van der Waals surface area contributed by atoms with E-state index in [2.05, 4.69) is 39.0 Å². The summed E-state index contributed by atoms with van der Waals surface area (Å²) in [6.07, 6.45) is 0.193. The quantitative estimate of drug-likeness (QED) is 0.423. The number of nitrogens with one attached hydrogen (secondary N) is 1. The molecule has 0 aliphatic carbocycles. The van der Waals surface area contributed by atoms with Crippen molar-refractivity contribution in [2.75, 3.05) is 30.7 Å². The van der Waals surface area contributed by atoms with Crippen LogP contribution in [0.1, 0.15) is 30.1 Å². The molecule has 6 nitrogen and oxygen atoms in total. The molecule has 2 aromatic heterocycles. The minimum absolute atomic E-state index is 0.105. The fraction of sp³-hybridized carbons (Fsp3) is 0.435. The summed E-state index contributed by atoms with van der Waals surface area (Å²) in [6.45, 7) is 8.72. The van der Waals surface area contributed by atoms with Crippen LogP contribution in [0, 0.1) is 6.92 Å². The number of aromatic nitrogens is 3. The first-order valence-electron chi connectivity index (χ1n) is 11.2. The van der Waals surface area contributed by atoms with Crippen molar-refractivity contribution in [3.05, 3.63) is 52.9 Å². The van der Waals surface area contributed by atoms with Gasteiger partial charge >= 0.3 is 161 Å². The predicted molar refractivity (Wildman–Crippen MR) is 133 cm³/mol. The van der Waals surface area contributed by atoms with E-state index in [1.807, 2.05) is 31.3 Å². The molecule has 1 aliphatic rings. The van der Waals surface area contributed by atoms with Crippen LogP contribution in [0.4, 0.5) is 24.8 Å². The molecule has 0 spiro atoms. The second-order valence-electron chi connectivity index (χ2n) is 9.13. The summed E-state index contributed by atoms with van der Waals surface area (Å²) in [4.78, 5) is 26.3. The van der Waals surface area contributed by atoms with Crippen LogP contribution in [0.2, 0.25) is 0 Å². The molecule has 3 aromatic rings.